The third kappa shape index (κ3) is 3.28. The van der Waals surface area contributed by atoms with Crippen LogP contribution in [-0.4, -0.2) is 33.1 Å². The van der Waals surface area contributed by atoms with E-state index in [2.05, 4.69) is 5.32 Å². The van der Waals surface area contributed by atoms with E-state index in [0.717, 1.165) is 6.42 Å². The molecule has 0 aromatic heterocycles. The van der Waals surface area contributed by atoms with E-state index in [0.29, 0.717) is 12.1 Å². The van der Waals surface area contributed by atoms with Crippen molar-refractivity contribution in [1.29, 1.82) is 0 Å². The van der Waals surface area contributed by atoms with Crippen molar-refractivity contribution in [2.45, 2.75) is 18.9 Å². The largest absolute Gasteiger partial charge is 0.494 e. The molecule has 0 amide bonds. The molecule has 106 valence electrons. The molecule has 2 rings (SSSR count). The number of halogens is 1. The normalized spacial score (nSPS) is 21.9. The molecule has 0 saturated carbocycles. The van der Waals surface area contributed by atoms with Crippen LogP contribution in [0, 0.1) is 5.82 Å². The van der Waals surface area contributed by atoms with Crippen LogP contribution in [-0.2, 0) is 9.84 Å². The number of methoxy groups -OCH3 is 1. The van der Waals surface area contributed by atoms with Gasteiger partial charge in [0.15, 0.2) is 21.4 Å². The molecule has 1 aliphatic heterocycles. The highest BCUT2D eigenvalue weighted by molar-refractivity contribution is 7.91. The summed E-state index contributed by atoms with van der Waals surface area (Å²) in [5.41, 5.74) is 6.46. The maximum Gasteiger partial charge on any atom is 0.167 e. The van der Waals surface area contributed by atoms with Crippen LogP contribution in [0.25, 0.3) is 0 Å². The van der Waals surface area contributed by atoms with Crippen molar-refractivity contribution >= 4 is 21.2 Å². The molecule has 1 saturated heterocycles. The van der Waals surface area contributed by atoms with Crippen LogP contribution < -0.4 is 15.8 Å². The van der Waals surface area contributed by atoms with Crippen LogP contribution in [0.2, 0.25) is 0 Å². The minimum absolute atomic E-state index is 0.0755. The maximum absolute atomic E-state index is 13.4. The highest BCUT2D eigenvalue weighted by Gasteiger charge is 2.25. The fourth-order valence-corrected chi connectivity index (χ4v) is 3.84. The first kappa shape index (κ1) is 13.9. The number of nitrogens with one attached hydrogen (secondary N) is 1. The van der Waals surface area contributed by atoms with Gasteiger partial charge in [-0.15, -0.1) is 0 Å². The molecule has 5 nitrogen and oxygen atoms in total. The van der Waals surface area contributed by atoms with E-state index < -0.39 is 15.7 Å². The van der Waals surface area contributed by atoms with Crippen molar-refractivity contribution in [3.8, 4) is 5.75 Å². The molecule has 1 aromatic rings. The molecule has 1 fully saturated rings. The molecule has 1 unspecified atom stereocenters. The molecule has 0 radical (unpaired) electrons. The van der Waals surface area contributed by atoms with Gasteiger partial charge in [-0.2, -0.15) is 0 Å². The van der Waals surface area contributed by atoms with Gasteiger partial charge in [-0.3, -0.25) is 0 Å². The van der Waals surface area contributed by atoms with Gasteiger partial charge in [0.2, 0.25) is 0 Å². The Morgan fingerprint density at radius 3 is 2.84 bits per heavy atom. The predicted molar refractivity (Wildman–Crippen MR) is 72.7 cm³/mol. The first-order chi connectivity index (χ1) is 8.91. The maximum atomic E-state index is 13.4. The zero-order valence-electron chi connectivity index (χ0n) is 10.6. The summed E-state index contributed by atoms with van der Waals surface area (Å²) in [5.74, 6) is -0.156. The summed E-state index contributed by atoms with van der Waals surface area (Å²) in [6.07, 6.45) is 1.37. The molecular weight excluding hydrogens is 271 g/mol. The van der Waals surface area contributed by atoms with E-state index in [9.17, 15) is 12.8 Å². The number of hydrogen-bond donors (Lipinski definition) is 2. The summed E-state index contributed by atoms with van der Waals surface area (Å²) in [5, 5.41) is 3.06. The number of ether oxygens (including phenoxy) is 1. The SMILES string of the molecule is COc1cc(NC2CCCS(=O)(=O)C2)c(N)cc1F. The second-order valence-corrected chi connectivity index (χ2v) is 6.90. The average Bonchev–Trinajstić information content (AvgIpc) is 2.31. The van der Waals surface area contributed by atoms with Gasteiger partial charge >= 0.3 is 0 Å². The lowest BCUT2D eigenvalue weighted by Crippen LogP contribution is -2.35. The standard InChI is InChI=1S/C12H17FN2O3S/c1-18-12-6-11(10(14)5-9(12)13)15-8-3-2-4-19(16,17)7-8/h5-6,8,15H,2-4,7,14H2,1H3. The zero-order chi connectivity index (χ0) is 14.0. The number of sulfone groups is 1. The quantitative estimate of drug-likeness (QED) is 0.822. The predicted octanol–water partition coefficient (Wildman–Crippen LogP) is 1.41. The van der Waals surface area contributed by atoms with Crippen molar-refractivity contribution in [1.82, 2.24) is 0 Å². The number of nitrogen functional groups attached to an aromatic ring is 1. The van der Waals surface area contributed by atoms with Crippen LogP contribution in [0.5, 0.6) is 5.75 Å². The van der Waals surface area contributed by atoms with Crippen LogP contribution in [0.1, 0.15) is 12.8 Å². The number of rotatable bonds is 3. The van der Waals surface area contributed by atoms with Crippen molar-refractivity contribution in [3.05, 3.63) is 17.9 Å². The summed E-state index contributed by atoms with van der Waals surface area (Å²) in [6.45, 7) is 0. The Morgan fingerprint density at radius 2 is 2.21 bits per heavy atom. The van der Waals surface area contributed by atoms with E-state index in [-0.39, 0.29) is 29.0 Å². The van der Waals surface area contributed by atoms with Gasteiger partial charge in [-0.25, -0.2) is 12.8 Å². The van der Waals surface area contributed by atoms with Gasteiger partial charge in [0, 0.05) is 18.2 Å². The average molecular weight is 288 g/mol. The van der Waals surface area contributed by atoms with Crippen LogP contribution in [0.4, 0.5) is 15.8 Å². The van der Waals surface area contributed by atoms with E-state index in [1.54, 1.807) is 0 Å². The fraction of sp³-hybridized carbons (Fsp3) is 0.500. The van der Waals surface area contributed by atoms with Gasteiger partial charge in [-0.05, 0) is 12.8 Å². The van der Waals surface area contributed by atoms with Crippen LogP contribution in [0.15, 0.2) is 12.1 Å². The molecular formula is C12H17FN2O3S. The van der Waals surface area contributed by atoms with Crippen molar-refractivity contribution in [2.75, 3.05) is 29.7 Å². The topological polar surface area (TPSA) is 81.4 Å². The second-order valence-electron chi connectivity index (χ2n) is 4.67. The molecule has 1 aliphatic rings. The molecule has 0 bridgehead atoms. The number of hydrogen-bond acceptors (Lipinski definition) is 5. The summed E-state index contributed by atoms with van der Waals surface area (Å²) in [4.78, 5) is 0. The van der Waals surface area contributed by atoms with Gasteiger partial charge in [-0.1, -0.05) is 0 Å². The highest BCUT2D eigenvalue weighted by Crippen LogP contribution is 2.29. The van der Waals surface area contributed by atoms with Crippen molar-refractivity contribution < 1.29 is 17.5 Å². The highest BCUT2D eigenvalue weighted by atomic mass is 32.2. The second kappa shape index (κ2) is 5.24. The lowest BCUT2D eigenvalue weighted by Gasteiger charge is -2.25. The third-order valence-electron chi connectivity index (χ3n) is 3.15. The molecule has 1 heterocycles. The summed E-state index contributed by atoms with van der Waals surface area (Å²) in [6, 6.07) is 2.42. The molecule has 1 aromatic carbocycles. The monoisotopic (exact) mass is 288 g/mol. The first-order valence-electron chi connectivity index (χ1n) is 6.01. The Bertz CT molecular complexity index is 575. The van der Waals surface area contributed by atoms with E-state index in [4.69, 9.17) is 10.5 Å². The molecule has 7 heteroatoms. The Kier molecular flexibility index (Phi) is 3.84. The van der Waals surface area contributed by atoms with Gasteiger partial charge in [0.25, 0.3) is 0 Å². The van der Waals surface area contributed by atoms with Gasteiger partial charge < -0.3 is 15.8 Å². The summed E-state index contributed by atoms with van der Waals surface area (Å²) < 4.78 is 41.4. The Hall–Kier alpha value is -1.50. The molecule has 3 N–H and O–H groups in total. The lowest BCUT2D eigenvalue weighted by atomic mass is 10.1. The zero-order valence-corrected chi connectivity index (χ0v) is 11.5. The Balaban J connectivity index is 2.19. The van der Waals surface area contributed by atoms with E-state index >= 15 is 0 Å². The molecule has 0 spiro atoms. The van der Waals surface area contributed by atoms with Crippen LogP contribution >= 0.6 is 0 Å². The number of anilines is 2. The van der Waals surface area contributed by atoms with Crippen LogP contribution in [0.3, 0.4) is 0 Å². The van der Waals surface area contributed by atoms with E-state index in [1.807, 2.05) is 0 Å². The minimum atomic E-state index is -3.00. The van der Waals surface area contributed by atoms with E-state index in [1.165, 1.54) is 19.2 Å². The van der Waals surface area contributed by atoms with Crippen molar-refractivity contribution in [2.24, 2.45) is 0 Å². The first-order valence-corrected chi connectivity index (χ1v) is 7.83. The van der Waals surface area contributed by atoms with Gasteiger partial charge in [0.05, 0.1) is 30.0 Å². The Labute approximate surface area is 111 Å². The Morgan fingerprint density at radius 1 is 1.47 bits per heavy atom. The number of benzene rings is 1. The lowest BCUT2D eigenvalue weighted by molar-refractivity contribution is 0.387. The van der Waals surface area contributed by atoms with Crippen molar-refractivity contribution in [3.63, 3.8) is 0 Å². The summed E-state index contributed by atoms with van der Waals surface area (Å²) >= 11 is 0. The smallest absolute Gasteiger partial charge is 0.167 e. The minimum Gasteiger partial charge on any atom is -0.494 e. The number of nitrogens with two attached hydrogens (primary N) is 1. The fourth-order valence-electron chi connectivity index (χ4n) is 2.21. The summed E-state index contributed by atoms with van der Waals surface area (Å²) in [7, 11) is -1.63. The molecule has 1 atom stereocenters. The molecule has 0 aliphatic carbocycles. The third-order valence-corrected chi connectivity index (χ3v) is 4.97. The van der Waals surface area contributed by atoms with Gasteiger partial charge in [0.1, 0.15) is 0 Å². The molecule has 19 heavy (non-hydrogen) atoms.